The summed E-state index contributed by atoms with van der Waals surface area (Å²) < 4.78 is 34.3. The largest absolute Gasteiger partial charge is 0.457 e. The van der Waals surface area contributed by atoms with Crippen LogP contribution in [0.5, 0.6) is 0 Å². The lowest BCUT2D eigenvalue weighted by atomic mass is 9.98. The number of esters is 1. The molecule has 0 aromatic heterocycles. The van der Waals surface area contributed by atoms with E-state index >= 15 is 0 Å². The number of hydrogen-bond acceptors (Lipinski definition) is 14. The number of hydrogen-bond donors (Lipinski definition) is 7. The molecule has 432 valence electrons. The van der Waals surface area contributed by atoms with Crippen molar-refractivity contribution in [1.82, 2.24) is 0 Å². The monoisotopic (exact) mass is 1060 g/mol. The molecular formula is C61H104O14. The fourth-order valence-electron chi connectivity index (χ4n) is 8.69. The van der Waals surface area contributed by atoms with E-state index in [9.17, 15) is 40.5 Å². The van der Waals surface area contributed by atoms with Crippen LogP contribution in [0.4, 0.5) is 0 Å². The summed E-state index contributed by atoms with van der Waals surface area (Å²) in [5.74, 6) is -0.419. The number of rotatable bonds is 46. The Bertz CT molecular complexity index is 1560. The minimum absolute atomic E-state index is 0.0381. The molecule has 0 aromatic carbocycles. The Morgan fingerprint density at radius 3 is 1.36 bits per heavy atom. The zero-order valence-electron chi connectivity index (χ0n) is 46.3. The number of unbranched alkanes of at least 4 members (excludes halogenated alkanes) is 18. The topological polar surface area (TPSA) is 214 Å². The molecule has 0 bridgehead atoms. The molecule has 0 aliphatic carbocycles. The highest BCUT2D eigenvalue weighted by molar-refractivity contribution is 5.69. The Morgan fingerprint density at radius 2 is 0.867 bits per heavy atom. The van der Waals surface area contributed by atoms with E-state index < -0.39 is 86.7 Å². The normalized spacial score (nSPS) is 25.2. The van der Waals surface area contributed by atoms with Crippen molar-refractivity contribution in [3.8, 4) is 0 Å². The van der Waals surface area contributed by atoms with Crippen LogP contribution in [-0.2, 0) is 33.2 Å². The number of aliphatic hydroxyl groups is 7. The molecule has 2 aliphatic heterocycles. The Hall–Kier alpha value is -2.83. The summed E-state index contributed by atoms with van der Waals surface area (Å²) >= 11 is 0. The van der Waals surface area contributed by atoms with Crippen molar-refractivity contribution in [2.24, 2.45) is 0 Å². The summed E-state index contributed by atoms with van der Waals surface area (Å²) in [7, 11) is 0. The number of aliphatic hydroxyl groups excluding tert-OH is 7. The van der Waals surface area contributed by atoms with Crippen LogP contribution >= 0.6 is 0 Å². The van der Waals surface area contributed by atoms with E-state index in [0.29, 0.717) is 13.0 Å². The van der Waals surface area contributed by atoms with Gasteiger partial charge in [-0.1, -0.05) is 182 Å². The SMILES string of the molecule is CC/C=C\C/C=C\C/C=C\C/C=C\CCCCC(=O)OC(COCCCCCCCCCCCCC/C=C\C/C=C\C/C=C\CCCCCCC)COC1OC(COC2OC(CO)C(O)C(O)C2O)C(O)C(O)C1O. The van der Waals surface area contributed by atoms with Crippen LogP contribution < -0.4 is 0 Å². The fourth-order valence-corrected chi connectivity index (χ4v) is 8.69. The van der Waals surface area contributed by atoms with Gasteiger partial charge in [0.2, 0.25) is 0 Å². The van der Waals surface area contributed by atoms with Crippen LogP contribution in [0.25, 0.3) is 0 Å². The van der Waals surface area contributed by atoms with E-state index in [2.05, 4.69) is 98.9 Å². The van der Waals surface area contributed by atoms with Crippen molar-refractivity contribution in [2.45, 2.75) is 261 Å². The Balaban J connectivity index is 1.70. The zero-order chi connectivity index (χ0) is 54.4. The fraction of sp³-hybridized carbons (Fsp3) is 0.754. The Labute approximate surface area is 452 Å². The van der Waals surface area contributed by atoms with Gasteiger partial charge in [0.15, 0.2) is 12.6 Å². The smallest absolute Gasteiger partial charge is 0.306 e. The highest BCUT2D eigenvalue weighted by atomic mass is 16.7. The lowest BCUT2D eigenvalue weighted by molar-refractivity contribution is -0.332. The van der Waals surface area contributed by atoms with Gasteiger partial charge >= 0.3 is 5.97 Å². The molecule has 0 saturated carbocycles. The van der Waals surface area contributed by atoms with Gasteiger partial charge in [-0.25, -0.2) is 0 Å². The lowest BCUT2D eigenvalue weighted by Crippen LogP contribution is -2.61. The van der Waals surface area contributed by atoms with Crippen LogP contribution in [0.15, 0.2) is 85.1 Å². The van der Waals surface area contributed by atoms with Gasteiger partial charge in [-0.2, -0.15) is 0 Å². The molecule has 75 heavy (non-hydrogen) atoms. The maximum Gasteiger partial charge on any atom is 0.306 e. The maximum absolute atomic E-state index is 13.0. The standard InChI is InChI=1S/C61H104O14/c1-3-5-7-9-11-13-15-17-19-20-21-22-23-24-25-26-27-28-29-31-33-35-37-39-41-43-45-70-47-50(73-53(63)44-42-40-38-36-34-32-30-18-16-14-12-10-8-6-4-2)48-71-60-59(69)57(67)55(65)52(75-60)49-72-61-58(68)56(66)54(64)51(46-62)74-61/h6,8,12,14-15,17-18,20-21,23-24,30,34,36,50-52,54-62,64-69H,3-5,7,9-11,13,16,19,22,25-29,31-33,35,37-49H2,1-2H3/b8-6-,14-12-,17-15-,21-20-,24-23-,30-18-,36-34-. The third-order valence-corrected chi connectivity index (χ3v) is 13.4. The molecule has 14 heteroatoms. The van der Waals surface area contributed by atoms with E-state index in [1.165, 1.54) is 89.9 Å². The highest BCUT2D eigenvalue weighted by Crippen LogP contribution is 2.26. The summed E-state index contributed by atoms with van der Waals surface area (Å²) in [6.45, 7) is 3.49. The van der Waals surface area contributed by atoms with Crippen molar-refractivity contribution < 1.29 is 69.0 Å². The van der Waals surface area contributed by atoms with Gasteiger partial charge in [0, 0.05) is 13.0 Å². The predicted octanol–water partition coefficient (Wildman–Crippen LogP) is 10.4. The average Bonchev–Trinajstić information content (AvgIpc) is 3.41. The second kappa shape index (κ2) is 47.2. The van der Waals surface area contributed by atoms with Crippen molar-refractivity contribution in [2.75, 3.05) is 33.0 Å². The summed E-state index contributed by atoms with van der Waals surface area (Å²) in [6, 6.07) is 0. The second-order valence-electron chi connectivity index (χ2n) is 20.1. The molecule has 0 amide bonds. The van der Waals surface area contributed by atoms with Crippen LogP contribution in [-0.4, -0.2) is 142 Å². The quantitative estimate of drug-likeness (QED) is 0.0172. The molecule has 2 rings (SSSR count). The van der Waals surface area contributed by atoms with Gasteiger partial charge in [-0.05, 0) is 89.9 Å². The van der Waals surface area contributed by atoms with E-state index in [4.69, 9.17) is 28.4 Å². The van der Waals surface area contributed by atoms with Crippen molar-refractivity contribution in [3.63, 3.8) is 0 Å². The van der Waals surface area contributed by atoms with Crippen LogP contribution in [0, 0.1) is 0 Å². The molecule has 2 aliphatic rings. The second-order valence-corrected chi connectivity index (χ2v) is 20.1. The first-order valence-electron chi connectivity index (χ1n) is 29.2. The summed E-state index contributed by atoms with van der Waals surface area (Å²) in [5.41, 5.74) is 0. The van der Waals surface area contributed by atoms with Gasteiger partial charge in [-0.15, -0.1) is 0 Å². The Kier molecular flexibility index (Phi) is 43.0. The van der Waals surface area contributed by atoms with E-state index in [1.807, 2.05) is 0 Å². The molecule has 2 heterocycles. The minimum Gasteiger partial charge on any atom is -0.457 e. The van der Waals surface area contributed by atoms with Crippen molar-refractivity contribution in [1.29, 1.82) is 0 Å². The van der Waals surface area contributed by atoms with Gasteiger partial charge in [0.05, 0.1) is 26.4 Å². The molecular weight excluding hydrogens is 957 g/mol. The molecule has 0 spiro atoms. The van der Waals surface area contributed by atoms with Gasteiger partial charge < -0.3 is 64.2 Å². The average molecular weight is 1060 g/mol. The number of carbonyl (C=O) groups is 1. The molecule has 2 saturated heterocycles. The van der Waals surface area contributed by atoms with Crippen LogP contribution in [0.3, 0.4) is 0 Å². The lowest BCUT2D eigenvalue weighted by Gasteiger charge is -2.42. The number of carbonyl (C=O) groups excluding carboxylic acids is 1. The molecule has 7 N–H and O–H groups in total. The highest BCUT2D eigenvalue weighted by Gasteiger charge is 2.47. The summed E-state index contributed by atoms with van der Waals surface area (Å²) in [6.07, 6.45) is 45.1. The van der Waals surface area contributed by atoms with Crippen molar-refractivity contribution in [3.05, 3.63) is 85.1 Å². The molecule has 0 aromatic rings. The van der Waals surface area contributed by atoms with Gasteiger partial charge in [-0.3, -0.25) is 4.79 Å². The van der Waals surface area contributed by atoms with Gasteiger partial charge in [0.25, 0.3) is 0 Å². The van der Waals surface area contributed by atoms with E-state index in [-0.39, 0.29) is 19.6 Å². The van der Waals surface area contributed by atoms with E-state index in [0.717, 1.165) is 77.0 Å². The summed E-state index contributed by atoms with van der Waals surface area (Å²) in [5, 5.41) is 72.3. The minimum atomic E-state index is -1.72. The molecule has 14 nitrogen and oxygen atoms in total. The predicted molar refractivity (Wildman–Crippen MR) is 298 cm³/mol. The first kappa shape index (κ1) is 68.3. The zero-order valence-corrected chi connectivity index (χ0v) is 46.3. The number of ether oxygens (including phenoxy) is 6. The Morgan fingerprint density at radius 1 is 0.453 bits per heavy atom. The number of allylic oxidation sites excluding steroid dienone is 14. The molecule has 11 atom stereocenters. The van der Waals surface area contributed by atoms with Gasteiger partial charge in [0.1, 0.15) is 54.9 Å². The van der Waals surface area contributed by atoms with E-state index in [1.54, 1.807) is 0 Å². The third-order valence-electron chi connectivity index (χ3n) is 13.4. The maximum atomic E-state index is 13.0. The first-order chi connectivity index (χ1) is 36.6. The first-order valence-corrected chi connectivity index (χ1v) is 29.2. The third kappa shape index (κ3) is 33.9. The van der Waals surface area contributed by atoms with Crippen molar-refractivity contribution >= 4 is 5.97 Å². The molecule has 0 radical (unpaired) electrons. The van der Waals surface area contributed by atoms with Crippen LogP contribution in [0.1, 0.15) is 194 Å². The molecule has 2 fully saturated rings. The molecule has 11 unspecified atom stereocenters. The summed E-state index contributed by atoms with van der Waals surface area (Å²) in [4.78, 5) is 13.0. The van der Waals surface area contributed by atoms with Crippen LogP contribution in [0.2, 0.25) is 0 Å².